The highest BCUT2D eigenvalue weighted by Crippen LogP contribution is 2.57. The molecular formula is C77H130N2O47P2-2. The van der Waals surface area contributed by atoms with Crippen molar-refractivity contribution in [1.82, 2.24) is 10.6 Å². The second-order valence-corrected chi connectivity index (χ2v) is 36.2. The van der Waals surface area contributed by atoms with Crippen LogP contribution in [0.25, 0.3) is 0 Å². The SMILES string of the molecule is CC(=O)N[C@H]1[C@H](O[C@H]2[C@H](O)[C@@H](NC(C)=O)[C@@H](OP(=O)([O-])OP(=O)([O-])OCCC(C)CC/C=C(/C)CC/C=C(\C)CC/C=C(\C)CCC=C(C)C)O[C@@H]2CO)O[C@H](CO)[C@@H](O[C@@H]2O[C@H](CO[C@H]3O[C@H](CO)[C@@H](O)[C@H](O[C@H]4O[C@H](CO)[C@@H](O)[C@H](O)[C@@H]4O)[C@@H]3O)[C@@H](O)[C@H](O[C@H]3O[C@H](CO)[C@@H](O)[C@H](O)[C@@H]3O[C@H]3O[C@H](CO)[C@@H](O)[C@H](O)[C@@H]3O[C@H]3O[C@H](CO)[C@@H](O)[C@H](O)[C@@H]3O)[C@@H]2O)[C@@H]1O. The van der Waals surface area contributed by atoms with Gasteiger partial charge in [0.1, 0.15) is 195 Å². The largest absolute Gasteiger partial charge is 0.756 e. The lowest BCUT2D eigenvalue weighted by Gasteiger charge is -2.51. The van der Waals surface area contributed by atoms with Crippen molar-refractivity contribution in [3.8, 4) is 0 Å². The smallest absolute Gasteiger partial charge is 0.276 e. The molecule has 8 rings (SSSR count). The van der Waals surface area contributed by atoms with Crippen LogP contribution in [-0.2, 0) is 103 Å². The number of carbonyl (C=O) groups is 2. The second-order valence-electron chi connectivity index (χ2n) is 33.3. The number of hydrogen-bond acceptors (Lipinski definition) is 47. The van der Waals surface area contributed by atoms with Crippen LogP contribution in [0.15, 0.2) is 46.6 Å². The Labute approximate surface area is 736 Å². The first-order valence-corrected chi connectivity index (χ1v) is 45.0. The highest BCUT2D eigenvalue weighted by molar-refractivity contribution is 7.59. The van der Waals surface area contributed by atoms with Gasteiger partial charge >= 0.3 is 0 Å². The van der Waals surface area contributed by atoms with Crippen molar-refractivity contribution in [2.75, 3.05) is 59.5 Å². The fourth-order valence-electron chi connectivity index (χ4n) is 15.6. The van der Waals surface area contributed by atoms with Crippen LogP contribution in [0.5, 0.6) is 0 Å². The number of aliphatic hydroxyl groups excluding tert-OH is 23. The lowest BCUT2D eigenvalue weighted by molar-refractivity contribution is -0.408. The Morgan fingerprint density at radius 1 is 0.344 bits per heavy atom. The van der Waals surface area contributed by atoms with E-state index in [-0.39, 0.29) is 12.3 Å². The van der Waals surface area contributed by atoms with E-state index >= 15 is 0 Å². The van der Waals surface area contributed by atoms with Crippen molar-refractivity contribution in [3.63, 3.8) is 0 Å². The summed E-state index contributed by atoms with van der Waals surface area (Å²) in [6, 6.07) is -4.21. The van der Waals surface area contributed by atoms with Gasteiger partial charge in [-0.2, -0.15) is 0 Å². The Morgan fingerprint density at radius 2 is 0.672 bits per heavy atom. The third-order valence-corrected chi connectivity index (χ3v) is 25.6. The van der Waals surface area contributed by atoms with Crippen LogP contribution in [0.3, 0.4) is 0 Å². The summed E-state index contributed by atoms with van der Waals surface area (Å²) in [7, 11) is -12.0. The highest BCUT2D eigenvalue weighted by Gasteiger charge is 2.61. The number of rotatable bonds is 44. The van der Waals surface area contributed by atoms with Crippen LogP contribution in [0.1, 0.15) is 113 Å². The third-order valence-electron chi connectivity index (χ3n) is 23.0. The topological polar surface area (TPSA) is 770 Å². The van der Waals surface area contributed by atoms with Gasteiger partial charge in [0.05, 0.1) is 59.5 Å². The van der Waals surface area contributed by atoms with E-state index in [0.717, 1.165) is 57.9 Å². The number of aliphatic hydroxyl groups is 23. The number of allylic oxidation sites excluding steroid dienone is 8. The summed E-state index contributed by atoms with van der Waals surface area (Å²) in [5.74, 6) is -2.20. The summed E-state index contributed by atoms with van der Waals surface area (Å²) in [6.45, 7) is 4.30. The molecule has 2 amide bonds. The molecule has 0 bridgehead atoms. The number of nitrogens with one attached hydrogen (secondary N) is 2. The molecule has 8 aliphatic heterocycles. The monoisotopic (exact) mass is 1900 g/mol. The van der Waals surface area contributed by atoms with E-state index < -0.39 is 332 Å². The van der Waals surface area contributed by atoms with E-state index in [2.05, 4.69) is 66.9 Å². The molecule has 8 saturated heterocycles. The number of hydrogen-bond donors (Lipinski definition) is 25. The van der Waals surface area contributed by atoms with Crippen molar-refractivity contribution in [2.24, 2.45) is 5.92 Å². The number of carbonyl (C=O) groups excluding carboxylic acids is 2. The molecule has 0 radical (unpaired) electrons. The maximum absolute atomic E-state index is 13.5. The van der Waals surface area contributed by atoms with Gasteiger partial charge in [0.25, 0.3) is 15.6 Å². The van der Waals surface area contributed by atoms with Crippen LogP contribution in [0.4, 0.5) is 0 Å². The molecule has 0 spiro atoms. The normalized spacial score (nSPS) is 42.5. The Bertz CT molecular complexity index is 3610. The van der Waals surface area contributed by atoms with Crippen molar-refractivity contribution in [1.29, 1.82) is 0 Å². The Kier molecular flexibility index (Phi) is 43.5. The molecule has 0 aromatic rings. The molecule has 8 heterocycles. The molecule has 0 aliphatic carbocycles. The summed E-state index contributed by atoms with van der Waals surface area (Å²) >= 11 is 0. The quantitative estimate of drug-likeness (QED) is 0.0199. The molecule has 49 nitrogen and oxygen atoms in total. The molecule has 3 unspecified atom stereocenters. The molecular weight excluding hydrogens is 1770 g/mol. The lowest BCUT2D eigenvalue weighted by atomic mass is 9.94. The Morgan fingerprint density at radius 3 is 1.12 bits per heavy atom. The third kappa shape index (κ3) is 29.1. The van der Waals surface area contributed by atoms with Gasteiger partial charge in [0, 0.05) is 13.8 Å². The number of phosphoric ester groups is 2. The van der Waals surface area contributed by atoms with E-state index in [9.17, 15) is 146 Å². The minimum absolute atomic E-state index is 0.115. The summed E-state index contributed by atoms with van der Waals surface area (Å²) in [6.07, 6.45) is -66.9. The molecule has 51 heteroatoms. The molecule has 0 saturated carbocycles. The van der Waals surface area contributed by atoms with Crippen LogP contribution in [0, 0.1) is 5.92 Å². The lowest BCUT2D eigenvalue weighted by Crippen LogP contribution is -2.70. The van der Waals surface area contributed by atoms with Gasteiger partial charge in [-0.05, 0) is 98.3 Å². The molecule has 128 heavy (non-hydrogen) atoms. The standard InChI is InChI=1S/C77H132N2O47P2/c1-31(2)13-9-14-32(3)15-10-16-33(4)17-11-18-34(5)19-12-20-35(6)21-22-110-127(105,106)126-128(107,108)125-71-47(79-37(8)88)55(96)64(44(29-86)117-71)119-70-46(78-36(7)87)54(95)65(43(28-85)116-70)120-75-63(104)67(53(94)45(118-75)30-109-72-62(103)66(52(93)42(27-84)111-72)121-73-60(101)56(97)48(89)38(23-80)112-73)122-76-69(59(100)51(92)40(25-82)114-76)124-77-68(58(99)50(91)41(26-83)115-77)123-74-61(102)57(98)49(90)39(24-81)113-74/h13,15,17,19,35,38-77,80-86,89-104H,9-12,14,16,18,20-30H2,1-8H3,(H,78,87)(H,79,88)(H,105,106)(H,107,108)/p-2/b32-15+,33-17+,34-19-/t35?,38-,39-,40-,41-,42-,43-,44-,45-,46-,47-,48-,49-,50-,51-,52-,53-,54-,55-,56+,57+,58+,59+,60+,61+,62+,63+,64-,65-,66+,67+,68+,69+,70+,71-,72+,73-,74-,75+,76-,77-/m1/s1. The summed E-state index contributed by atoms with van der Waals surface area (Å²) in [4.78, 5) is 52.6. The zero-order valence-electron chi connectivity index (χ0n) is 71.7. The predicted molar refractivity (Wildman–Crippen MR) is 420 cm³/mol. The van der Waals surface area contributed by atoms with E-state index in [1.807, 2.05) is 13.8 Å². The number of phosphoric acid groups is 2. The minimum atomic E-state index is -6.22. The van der Waals surface area contributed by atoms with Crippen LogP contribution in [0.2, 0.25) is 0 Å². The summed E-state index contributed by atoms with van der Waals surface area (Å²) in [5.41, 5.74) is 5.10. The van der Waals surface area contributed by atoms with Gasteiger partial charge in [-0.3, -0.25) is 23.2 Å². The van der Waals surface area contributed by atoms with Crippen LogP contribution < -0.4 is 20.4 Å². The van der Waals surface area contributed by atoms with Gasteiger partial charge in [-0.1, -0.05) is 53.5 Å². The molecule has 0 aromatic heterocycles. The average molecular weight is 1900 g/mol. The van der Waals surface area contributed by atoms with Gasteiger partial charge in [0.2, 0.25) is 11.8 Å². The molecule has 742 valence electrons. The van der Waals surface area contributed by atoms with Gasteiger partial charge in [-0.15, -0.1) is 0 Å². The number of ether oxygens (including phenoxy) is 15. The minimum Gasteiger partial charge on any atom is -0.756 e. The van der Waals surface area contributed by atoms with Crippen molar-refractivity contribution < 1.29 is 230 Å². The van der Waals surface area contributed by atoms with E-state index in [1.165, 1.54) is 16.7 Å². The van der Waals surface area contributed by atoms with E-state index in [1.54, 1.807) is 0 Å². The maximum atomic E-state index is 13.5. The van der Waals surface area contributed by atoms with Gasteiger partial charge in [0.15, 0.2) is 50.3 Å². The second kappa shape index (κ2) is 50.6. The fourth-order valence-corrected chi connectivity index (χ4v) is 17.7. The molecule has 8 fully saturated rings. The first-order valence-electron chi connectivity index (χ1n) is 42.1. The molecule has 25 N–H and O–H groups in total. The maximum Gasteiger partial charge on any atom is 0.276 e. The summed E-state index contributed by atoms with van der Waals surface area (Å²) in [5, 5.41) is 260. The van der Waals surface area contributed by atoms with Crippen molar-refractivity contribution in [2.45, 2.75) is 359 Å². The van der Waals surface area contributed by atoms with Crippen LogP contribution >= 0.6 is 15.6 Å². The molecule has 43 atom stereocenters. The first kappa shape index (κ1) is 110. The number of amides is 2. The summed E-state index contributed by atoms with van der Waals surface area (Å²) < 4.78 is 129. The van der Waals surface area contributed by atoms with Gasteiger partial charge < -0.3 is 213 Å². The van der Waals surface area contributed by atoms with Gasteiger partial charge in [-0.25, -0.2) is 4.31 Å². The predicted octanol–water partition coefficient (Wildman–Crippen LogP) is -10.2. The fraction of sp³-hybridized carbons (Fsp3) is 0.870. The van der Waals surface area contributed by atoms with E-state index in [4.69, 9.17) is 80.1 Å². The van der Waals surface area contributed by atoms with Crippen molar-refractivity contribution >= 4 is 27.5 Å². The highest BCUT2D eigenvalue weighted by atomic mass is 31.3. The zero-order valence-corrected chi connectivity index (χ0v) is 73.5. The Balaban J connectivity index is 1.01. The molecule has 0 aromatic carbocycles. The zero-order chi connectivity index (χ0) is 94.8. The first-order chi connectivity index (χ1) is 60.4. The Hall–Kier alpha value is -3.36. The van der Waals surface area contributed by atoms with E-state index in [0.29, 0.717) is 12.8 Å². The van der Waals surface area contributed by atoms with Crippen molar-refractivity contribution in [3.05, 3.63) is 46.6 Å². The van der Waals surface area contributed by atoms with Crippen LogP contribution in [-0.4, -0.2) is 434 Å². The average Bonchev–Trinajstić information content (AvgIpc) is 0.765. The molecule has 8 aliphatic rings.